The van der Waals surface area contributed by atoms with Gasteiger partial charge in [0.15, 0.2) is 0 Å². The SMILES string of the molecule is Cc1ccc(NCc2nnc(-c3ccccc3Cl)o2)cc1Br. The van der Waals surface area contributed by atoms with Crippen molar-refractivity contribution in [1.29, 1.82) is 0 Å². The fraction of sp³-hybridized carbons (Fsp3) is 0.125. The van der Waals surface area contributed by atoms with Crippen molar-refractivity contribution in [2.24, 2.45) is 0 Å². The van der Waals surface area contributed by atoms with Crippen molar-refractivity contribution < 1.29 is 4.42 Å². The molecule has 0 spiro atoms. The lowest BCUT2D eigenvalue weighted by Crippen LogP contribution is -1.99. The molecule has 1 N–H and O–H groups in total. The second kappa shape index (κ2) is 6.50. The molecule has 0 aliphatic rings. The third kappa shape index (κ3) is 3.31. The lowest BCUT2D eigenvalue weighted by molar-refractivity contribution is 0.515. The first kappa shape index (κ1) is 15.1. The molecule has 2 aromatic carbocycles. The summed E-state index contributed by atoms with van der Waals surface area (Å²) in [5.41, 5.74) is 2.90. The van der Waals surface area contributed by atoms with Crippen molar-refractivity contribution in [2.75, 3.05) is 5.32 Å². The number of hydrogen-bond acceptors (Lipinski definition) is 4. The maximum atomic E-state index is 6.12. The summed E-state index contributed by atoms with van der Waals surface area (Å²) in [6, 6.07) is 13.4. The predicted octanol–water partition coefficient (Wildman–Crippen LogP) is 5.07. The minimum atomic E-state index is 0.424. The highest BCUT2D eigenvalue weighted by Gasteiger charge is 2.11. The molecule has 0 atom stereocenters. The van der Waals surface area contributed by atoms with Crippen LogP contribution in [0.1, 0.15) is 11.5 Å². The second-order valence-electron chi connectivity index (χ2n) is 4.80. The topological polar surface area (TPSA) is 51.0 Å². The third-order valence-electron chi connectivity index (χ3n) is 3.19. The number of aromatic nitrogens is 2. The summed E-state index contributed by atoms with van der Waals surface area (Å²) in [6.07, 6.45) is 0. The molecule has 4 nitrogen and oxygen atoms in total. The van der Waals surface area contributed by atoms with Crippen molar-refractivity contribution in [1.82, 2.24) is 10.2 Å². The Morgan fingerprint density at radius 3 is 2.77 bits per heavy atom. The Morgan fingerprint density at radius 1 is 1.18 bits per heavy atom. The Morgan fingerprint density at radius 2 is 2.00 bits per heavy atom. The van der Waals surface area contributed by atoms with Gasteiger partial charge in [0.2, 0.25) is 11.8 Å². The molecule has 0 saturated heterocycles. The van der Waals surface area contributed by atoms with E-state index in [2.05, 4.69) is 31.4 Å². The van der Waals surface area contributed by atoms with Crippen molar-refractivity contribution in [3.05, 3.63) is 63.4 Å². The molecule has 0 bridgehead atoms. The molecule has 22 heavy (non-hydrogen) atoms. The van der Waals surface area contributed by atoms with Gasteiger partial charge in [0.1, 0.15) is 0 Å². The molecule has 1 heterocycles. The molecule has 0 aliphatic heterocycles. The van der Waals surface area contributed by atoms with Crippen LogP contribution in [-0.2, 0) is 6.54 Å². The molecule has 3 aromatic rings. The fourth-order valence-corrected chi connectivity index (χ4v) is 2.54. The average molecular weight is 379 g/mol. The fourth-order valence-electron chi connectivity index (χ4n) is 1.95. The van der Waals surface area contributed by atoms with Crippen molar-refractivity contribution >= 4 is 33.2 Å². The number of rotatable bonds is 4. The molecule has 112 valence electrons. The van der Waals surface area contributed by atoms with E-state index in [4.69, 9.17) is 16.0 Å². The molecular weight excluding hydrogens is 366 g/mol. The first-order valence-electron chi connectivity index (χ1n) is 6.71. The Balaban J connectivity index is 1.72. The second-order valence-corrected chi connectivity index (χ2v) is 6.06. The third-order valence-corrected chi connectivity index (χ3v) is 4.37. The quantitative estimate of drug-likeness (QED) is 0.688. The lowest BCUT2D eigenvalue weighted by Gasteiger charge is -2.05. The van der Waals surface area contributed by atoms with E-state index in [1.54, 1.807) is 6.07 Å². The summed E-state index contributed by atoms with van der Waals surface area (Å²) in [4.78, 5) is 0. The normalized spacial score (nSPS) is 10.7. The highest BCUT2D eigenvalue weighted by atomic mass is 79.9. The molecule has 0 amide bonds. The molecule has 0 fully saturated rings. The van der Waals surface area contributed by atoms with Crippen LogP contribution in [-0.4, -0.2) is 10.2 Å². The van der Waals surface area contributed by atoms with Gasteiger partial charge in [-0.3, -0.25) is 0 Å². The van der Waals surface area contributed by atoms with Crippen molar-refractivity contribution in [2.45, 2.75) is 13.5 Å². The molecule has 0 aliphatic carbocycles. The van der Waals surface area contributed by atoms with Crippen LogP contribution in [0, 0.1) is 6.92 Å². The minimum Gasteiger partial charge on any atom is -0.419 e. The van der Waals surface area contributed by atoms with E-state index >= 15 is 0 Å². The number of anilines is 1. The molecule has 0 radical (unpaired) electrons. The smallest absolute Gasteiger partial charge is 0.249 e. The van der Waals surface area contributed by atoms with Crippen LogP contribution >= 0.6 is 27.5 Å². The number of benzene rings is 2. The number of hydrogen-bond donors (Lipinski definition) is 1. The Hall–Kier alpha value is -1.85. The molecule has 1 aromatic heterocycles. The molecule has 6 heteroatoms. The lowest BCUT2D eigenvalue weighted by atomic mass is 10.2. The van der Waals surface area contributed by atoms with Crippen molar-refractivity contribution in [3.8, 4) is 11.5 Å². The Kier molecular flexibility index (Phi) is 4.45. The van der Waals surface area contributed by atoms with Gasteiger partial charge in [0.05, 0.1) is 17.1 Å². The summed E-state index contributed by atoms with van der Waals surface area (Å²) in [5.74, 6) is 0.930. The van der Waals surface area contributed by atoms with Gasteiger partial charge in [-0.05, 0) is 36.8 Å². The standard InChI is InChI=1S/C16H13BrClN3O/c1-10-6-7-11(8-13(10)17)19-9-15-20-21-16(22-15)12-4-2-3-5-14(12)18/h2-8,19H,9H2,1H3. The zero-order valence-corrected chi connectivity index (χ0v) is 14.1. The molecular formula is C16H13BrClN3O. The average Bonchev–Trinajstić information content (AvgIpc) is 2.98. The van der Waals surface area contributed by atoms with Gasteiger partial charge in [0.25, 0.3) is 0 Å². The van der Waals surface area contributed by atoms with Crippen LogP contribution in [0.25, 0.3) is 11.5 Å². The Labute approximate surface area is 141 Å². The zero-order valence-electron chi connectivity index (χ0n) is 11.8. The minimum absolute atomic E-state index is 0.424. The first-order chi connectivity index (χ1) is 10.6. The van der Waals surface area contributed by atoms with Gasteiger partial charge in [0, 0.05) is 10.2 Å². The van der Waals surface area contributed by atoms with Crippen molar-refractivity contribution in [3.63, 3.8) is 0 Å². The summed E-state index contributed by atoms with van der Waals surface area (Å²) in [5, 5.41) is 11.9. The molecule has 0 unspecified atom stereocenters. The summed E-state index contributed by atoms with van der Waals surface area (Å²) < 4.78 is 6.70. The van der Waals surface area contributed by atoms with E-state index in [1.807, 2.05) is 43.3 Å². The maximum absolute atomic E-state index is 6.12. The van der Waals surface area contributed by atoms with Crippen LogP contribution < -0.4 is 5.32 Å². The number of halogens is 2. The number of aryl methyl sites for hydroxylation is 1. The number of nitrogens with zero attached hydrogens (tertiary/aromatic N) is 2. The van der Waals surface area contributed by atoms with Crippen LogP contribution in [0.3, 0.4) is 0 Å². The van der Waals surface area contributed by atoms with E-state index in [9.17, 15) is 0 Å². The summed E-state index contributed by atoms with van der Waals surface area (Å²) in [7, 11) is 0. The van der Waals surface area contributed by atoms with Crippen LogP contribution in [0.5, 0.6) is 0 Å². The molecule has 0 saturated carbocycles. The van der Waals surface area contributed by atoms with Crippen LogP contribution in [0.15, 0.2) is 51.4 Å². The molecule has 3 rings (SSSR count). The van der Waals surface area contributed by atoms with Gasteiger partial charge in [-0.15, -0.1) is 10.2 Å². The van der Waals surface area contributed by atoms with Gasteiger partial charge in [-0.25, -0.2) is 0 Å². The maximum Gasteiger partial charge on any atom is 0.249 e. The van der Waals surface area contributed by atoms with Gasteiger partial charge in [-0.1, -0.05) is 45.7 Å². The largest absolute Gasteiger partial charge is 0.419 e. The highest BCUT2D eigenvalue weighted by molar-refractivity contribution is 9.10. The van der Waals surface area contributed by atoms with E-state index in [0.717, 1.165) is 15.7 Å². The van der Waals surface area contributed by atoms with Gasteiger partial charge in [-0.2, -0.15) is 0 Å². The van der Waals surface area contributed by atoms with Crippen LogP contribution in [0.4, 0.5) is 5.69 Å². The summed E-state index contributed by atoms with van der Waals surface area (Å²) >= 11 is 9.63. The Bertz CT molecular complexity index is 804. The van der Waals surface area contributed by atoms with Crippen LogP contribution in [0.2, 0.25) is 5.02 Å². The van der Waals surface area contributed by atoms with E-state index in [-0.39, 0.29) is 0 Å². The highest BCUT2D eigenvalue weighted by Crippen LogP contribution is 2.26. The van der Waals surface area contributed by atoms with E-state index in [1.165, 1.54) is 5.56 Å². The summed E-state index contributed by atoms with van der Waals surface area (Å²) in [6.45, 7) is 2.49. The first-order valence-corrected chi connectivity index (χ1v) is 7.88. The zero-order chi connectivity index (χ0) is 15.5. The van der Waals surface area contributed by atoms with E-state index < -0.39 is 0 Å². The monoisotopic (exact) mass is 377 g/mol. The van der Waals surface area contributed by atoms with Gasteiger partial charge < -0.3 is 9.73 Å². The van der Waals surface area contributed by atoms with E-state index in [0.29, 0.717) is 23.3 Å². The predicted molar refractivity (Wildman–Crippen MR) is 90.9 cm³/mol. The number of nitrogens with one attached hydrogen (secondary N) is 1. The van der Waals surface area contributed by atoms with Gasteiger partial charge >= 0.3 is 0 Å².